The fourth-order valence-corrected chi connectivity index (χ4v) is 3.42. The number of hydrogen-bond donors (Lipinski definition) is 2. The van der Waals surface area contributed by atoms with Crippen LogP contribution in [0.5, 0.6) is 11.5 Å². The van der Waals surface area contributed by atoms with Gasteiger partial charge >= 0.3 is 0 Å². The standard InChI is InChI=1S/C26H23N3O5/c1-17-8-6-7-11-21(17)27-24(30)16-34-22-13-12-18(15-23(22)33-2)14-20-25(31)28-29(26(20)32)19-9-4-3-5-10-19/h3-15H,16H2,1-2H3,(H,27,30)(H,28,31)/b20-14-. The number of hydrogen-bond acceptors (Lipinski definition) is 5. The van der Waals surface area contributed by atoms with Crippen LogP contribution in [0.3, 0.4) is 0 Å². The summed E-state index contributed by atoms with van der Waals surface area (Å²) in [6.07, 6.45) is 1.48. The second kappa shape index (κ2) is 9.91. The van der Waals surface area contributed by atoms with E-state index < -0.39 is 11.8 Å². The van der Waals surface area contributed by atoms with E-state index in [4.69, 9.17) is 9.47 Å². The van der Waals surface area contributed by atoms with Gasteiger partial charge < -0.3 is 14.8 Å². The van der Waals surface area contributed by atoms with E-state index in [-0.39, 0.29) is 18.1 Å². The molecule has 0 radical (unpaired) electrons. The summed E-state index contributed by atoms with van der Waals surface area (Å²) in [5.74, 6) is -0.539. The Bertz CT molecular complexity index is 1270. The third kappa shape index (κ3) is 4.91. The number of carbonyl (C=O) groups excluding carboxylic acids is 3. The molecular weight excluding hydrogens is 434 g/mol. The van der Waals surface area contributed by atoms with Crippen molar-refractivity contribution in [2.45, 2.75) is 6.92 Å². The fourth-order valence-electron chi connectivity index (χ4n) is 3.42. The van der Waals surface area contributed by atoms with Crippen LogP contribution in [-0.2, 0) is 14.4 Å². The Hall–Kier alpha value is -4.59. The number of para-hydroxylation sites is 2. The zero-order valence-electron chi connectivity index (χ0n) is 18.7. The first-order chi connectivity index (χ1) is 16.5. The number of anilines is 2. The lowest BCUT2D eigenvalue weighted by atomic mass is 10.1. The third-order valence-electron chi connectivity index (χ3n) is 5.18. The van der Waals surface area contributed by atoms with Gasteiger partial charge in [-0.3, -0.25) is 19.8 Å². The van der Waals surface area contributed by atoms with Crippen LogP contribution in [0.1, 0.15) is 11.1 Å². The van der Waals surface area contributed by atoms with Crippen molar-refractivity contribution < 1.29 is 23.9 Å². The number of methoxy groups -OCH3 is 1. The molecule has 1 fully saturated rings. The van der Waals surface area contributed by atoms with Crippen LogP contribution in [0.2, 0.25) is 0 Å². The molecule has 3 aromatic carbocycles. The summed E-state index contributed by atoms with van der Waals surface area (Å²) in [5, 5.41) is 4.01. The minimum absolute atomic E-state index is 0.00261. The first-order valence-corrected chi connectivity index (χ1v) is 10.5. The number of nitrogens with zero attached hydrogens (tertiary/aromatic N) is 1. The van der Waals surface area contributed by atoms with Crippen molar-refractivity contribution in [1.82, 2.24) is 5.43 Å². The van der Waals surface area contributed by atoms with Gasteiger partial charge in [-0.1, -0.05) is 42.5 Å². The molecule has 3 aromatic rings. The first kappa shape index (κ1) is 22.6. The minimum atomic E-state index is -0.499. The van der Waals surface area contributed by atoms with E-state index in [0.717, 1.165) is 5.56 Å². The van der Waals surface area contributed by atoms with E-state index in [2.05, 4.69) is 10.7 Å². The average Bonchev–Trinajstić information content (AvgIpc) is 3.13. The zero-order chi connectivity index (χ0) is 24.1. The van der Waals surface area contributed by atoms with Gasteiger partial charge in [-0.05, 0) is 54.5 Å². The summed E-state index contributed by atoms with van der Waals surface area (Å²) in [4.78, 5) is 37.5. The molecule has 0 atom stereocenters. The van der Waals surface area contributed by atoms with Gasteiger partial charge in [-0.2, -0.15) is 0 Å². The van der Waals surface area contributed by atoms with Crippen molar-refractivity contribution in [1.29, 1.82) is 0 Å². The smallest absolute Gasteiger partial charge is 0.282 e. The maximum absolute atomic E-state index is 12.8. The molecule has 3 amide bonds. The van der Waals surface area contributed by atoms with Gasteiger partial charge in [-0.25, -0.2) is 5.01 Å². The maximum Gasteiger partial charge on any atom is 0.282 e. The molecule has 1 aliphatic rings. The Kier molecular flexibility index (Phi) is 6.59. The van der Waals surface area contributed by atoms with Crippen LogP contribution in [0.4, 0.5) is 11.4 Å². The summed E-state index contributed by atoms with van der Waals surface area (Å²) >= 11 is 0. The van der Waals surface area contributed by atoms with Crippen molar-refractivity contribution in [2.24, 2.45) is 0 Å². The van der Waals surface area contributed by atoms with Gasteiger partial charge in [0.25, 0.3) is 17.7 Å². The van der Waals surface area contributed by atoms with Crippen molar-refractivity contribution in [3.05, 3.63) is 89.5 Å². The highest BCUT2D eigenvalue weighted by Crippen LogP contribution is 2.30. The molecule has 0 bridgehead atoms. The third-order valence-corrected chi connectivity index (χ3v) is 5.18. The van der Waals surface area contributed by atoms with Gasteiger partial charge in [0.1, 0.15) is 5.57 Å². The molecule has 1 heterocycles. The first-order valence-electron chi connectivity index (χ1n) is 10.5. The van der Waals surface area contributed by atoms with E-state index in [1.165, 1.54) is 18.2 Å². The molecule has 4 rings (SSSR count). The second-order valence-corrected chi connectivity index (χ2v) is 7.54. The summed E-state index contributed by atoms with van der Waals surface area (Å²) < 4.78 is 11.0. The number of carbonyl (C=O) groups is 3. The highest BCUT2D eigenvalue weighted by molar-refractivity contribution is 6.31. The summed E-state index contributed by atoms with van der Waals surface area (Å²) in [6.45, 7) is 1.69. The largest absolute Gasteiger partial charge is 0.493 e. The summed E-state index contributed by atoms with van der Waals surface area (Å²) in [5.41, 5.74) is 5.36. The summed E-state index contributed by atoms with van der Waals surface area (Å²) in [7, 11) is 1.47. The molecule has 8 nitrogen and oxygen atoms in total. The lowest BCUT2D eigenvalue weighted by Gasteiger charge is -2.14. The van der Waals surface area contributed by atoms with E-state index in [1.54, 1.807) is 42.5 Å². The maximum atomic E-state index is 12.8. The number of aryl methyl sites for hydroxylation is 1. The van der Waals surface area contributed by atoms with Gasteiger partial charge in [0.05, 0.1) is 12.8 Å². The molecule has 8 heteroatoms. The lowest BCUT2D eigenvalue weighted by Crippen LogP contribution is -2.35. The van der Waals surface area contributed by atoms with Crippen LogP contribution in [0.15, 0.2) is 78.4 Å². The molecule has 0 aliphatic carbocycles. The molecule has 34 heavy (non-hydrogen) atoms. The second-order valence-electron chi connectivity index (χ2n) is 7.54. The van der Waals surface area contributed by atoms with Crippen molar-refractivity contribution >= 4 is 35.2 Å². The number of hydrazine groups is 1. The Morgan fingerprint density at radius 2 is 1.74 bits per heavy atom. The molecule has 172 valence electrons. The van der Waals surface area contributed by atoms with Gasteiger partial charge in [-0.15, -0.1) is 0 Å². The molecule has 1 saturated heterocycles. The Balaban J connectivity index is 1.46. The average molecular weight is 457 g/mol. The molecule has 0 spiro atoms. The van der Waals surface area contributed by atoms with E-state index in [0.29, 0.717) is 28.4 Å². The van der Waals surface area contributed by atoms with Crippen LogP contribution in [0, 0.1) is 6.92 Å². The number of rotatable bonds is 7. The van der Waals surface area contributed by atoms with Crippen LogP contribution in [-0.4, -0.2) is 31.4 Å². The van der Waals surface area contributed by atoms with Crippen LogP contribution in [0.25, 0.3) is 6.08 Å². The highest BCUT2D eigenvalue weighted by atomic mass is 16.5. The van der Waals surface area contributed by atoms with E-state index >= 15 is 0 Å². The Morgan fingerprint density at radius 1 is 1.00 bits per heavy atom. The topological polar surface area (TPSA) is 97.0 Å². The Morgan fingerprint density at radius 3 is 2.47 bits per heavy atom. The van der Waals surface area contributed by atoms with Crippen molar-refractivity contribution in [3.63, 3.8) is 0 Å². The lowest BCUT2D eigenvalue weighted by molar-refractivity contribution is -0.118. The predicted molar refractivity (Wildman–Crippen MR) is 128 cm³/mol. The van der Waals surface area contributed by atoms with Crippen LogP contribution >= 0.6 is 0 Å². The summed E-state index contributed by atoms with van der Waals surface area (Å²) in [6, 6.07) is 21.2. The number of amides is 3. The van der Waals surface area contributed by atoms with E-state index in [9.17, 15) is 14.4 Å². The van der Waals surface area contributed by atoms with Crippen molar-refractivity contribution in [2.75, 3.05) is 24.0 Å². The van der Waals surface area contributed by atoms with Gasteiger partial charge in [0.15, 0.2) is 18.1 Å². The quantitative estimate of drug-likeness (QED) is 0.418. The number of nitrogens with one attached hydrogen (secondary N) is 2. The van der Waals surface area contributed by atoms with E-state index in [1.807, 2.05) is 37.3 Å². The Labute approximate surface area is 196 Å². The highest BCUT2D eigenvalue weighted by Gasteiger charge is 2.34. The zero-order valence-corrected chi connectivity index (χ0v) is 18.7. The molecule has 2 N–H and O–H groups in total. The minimum Gasteiger partial charge on any atom is -0.493 e. The fraction of sp³-hybridized carbons (Fsp3) is 0.115. The van der Waals surface area contributed by atoms with Gasteiger partial charge in [0, 0.05) is 5.69 Å². The molecule has 1 aliphatic heterocycles. The molecule has 0 saturated carbocycles. The molecule has 0 aromatic heterocycles. The monoisotopic (exact) mass is 457 g/mol. The predicted octanol–water partition coefficient (Wildman–Crippen LogP) is 3.48. The van der Waals surface area contributed by atoms with Gasteiger partial charge in [0.2, 0.25) is 0 Å². The molecular formula is C26H23N3O5. The number of ether oxygens (including phenoxy) is 2. The SMILES string of the molecule is COc1cc(/C=C2/C(=O)NN(c3ccccc3)C2=O)ccc1OCC(=O)Nc1ccccc1C. The number of benzene rings is 3. The normalized spacial score (nSPS) is 14.2. The van der Waals surface area contributed by atoms with Crippen LogP contribution < -0.4 is 25.2 Å². The molecule has 0 unspecified atom stereocenters. The van der Waals surface area contributed by atoms with Crippen molar-refractivity contribution in [3.8, 4) is 11.5 Å².